The summed E-state index contributed by atoms with van der Waals surface area (Å²) in [6.45, 7) is 16.4. The predicted molar refractivity (Wildman–Crippen MR) is 242 cm³/mol. The Morgan fingerprint density at radius 3 is 1.10 bits per heavy atom. The molecule has 0 saturated carbocycles. The second-order valence-electron chi connectivity index (χ2n) is 16.0. The number of nitrogen functional groups attached to an aromatic ring is 1. The Labute approximate surface area is 347 Å². The molecule has 298 valence electrons. The number of benzene rings is 7. The van der Waals surface area contributed by atoms with Gasteiger partial charge in [0, 0.05) is 17.5 Å². The first-order valence-electron chi connectivity index (χ1n) is 19.9. The summed E-state index contributed by atoms with van der Waals surface area (Å²) in [6.07, 6.45) is 0. The highest BCUT2D eigenvalue weighted by molar-refractivity contribution is 5.72. The van der Waals surface area contributed by atoms with Crippen molar-refractivity contribution in [2.24, 2.45) is 17.0 Å². The quantitative estimate of drug-likeness (QED) is 0.0519. The minimum absolute atomic E-state index is 0.00766. The molecule has 0 aliphatic heterocycles. The standard InChI is InChI=1S/C52H52N4O3/c1-29-25-47(53)33(5)21-43(29)51(45-23-35(7)49(58-54)27-31(45)3)41-17-13-39(14-18-41)37-9-11-38(12-10-37)40-15-19-42(20-16-40)52(44-22-34(6)48(56-57)26-30(44)2)46-24-36(8)50(59-55)28-32(46)4/h9-28,51-52H,53-55H2,1-8H3. The summed E-state index contributed by atoms with van der Waals surface area (Å²) in [5.41, 5.74) is 27.3. The smallest absolute Gasteiger partial charge is 0.150 e. The molecule has 0 heterocycles. The summed E-state index contributed by atoms with van der Waals surface area (Å²) in [7, 11) is 0. The molecule has 0 bridgehead atoms. The van der Waals surface area contributed by atoms with Crippen LogP contribution in [0.1, 0.15) is 89.7 Å². The highest BCUT2D eigenvalue weighted by atomic mass is 16.6. The van der Waals surface area contributed by atoms with E-state index >= 15 is 0 Å². The number of anilines is 1. The van der Waals surface area contributed by atoms with Crippen molar-refractivity contribution in [3.8, 4) is 33.8 Å². The van der Waals surface area contributed by atoms with Gasteiger partial charge in [-0.3, -0.25) is 0 Å². The Hall–Kier alpha value is -6.54. The molecule has 7 aromatic rings. The number of nitrogens with zero attached hydrogens (tertiary/aromatic N) is 1. The van der Waals surface area contributed by atoms with Crippen LogP contribution in [0, 0.1) is 60.3 Å². The second-order valence-corrected chi connectivity index (χ2v) is 16.0. The van der Waals surface area contributed by atoms with Gasteiger partial charge in [-0.25, -0.2) is 0 Å². The van der Waals surface area contributed by atoms with E-state index in [9.17, 15) is 4.91 Å². The highest BCUT2D eigenvalue weighted by Gasteiger charge is 2.25. The van der Waals surface area contributed by atoms with E-state index in [0.29, 0.717) is 17.2 Å². The molecular weight excluding hydrogens is 729 g/mol. The van der Waals surface area contributed by atoms with Crippen LogP contribution in [0.5, 0.6) is 11.5 Å². The third kappa shape index (κ3) is 8.00. The van der Waals surface area contributed by atoms with Crippen molar-refractivity contribution < 1.29 is 9.68 Å². The summed E-state index contributed by atoms with van der Waals surface area (Å²) >= 11 is 0. The van der Waals surface area contributed by atoms with E-state index in [4.69, 9.17) is 27.2 Å². The highest BCUT2D eigenvalue weighted by Crippen LogP contribution is 2.42. The minimum Gasteiger partial charge on any atom is -0.411 e. The predicted octanol–water partition coefficient (Wildman–Crippen LogP) is 12.3. The lowest BCUT2D eigenvalue weighted by molar-refractivity contribution is 0.331. The van der Waals surface area contributed by atoms with E-state index in [1.165, 1.54) is 16.7 Å². The summed E-state index contributed by atoms with van der Waals surface area (Å²) in [5.74, 6) is 12.4. The lowest BCUT2D eigenvalue weighted by Crippen LogP contribution is -2.10. The van der Waals surface area contributed by atoms with E-state index in [2.05, 4.69) is 136 Å². The van der Waals surface area contributed by atoms with E-state index < -0.39 is 0 Å². The number of rotatable bonds is 11. The second kappa shape index (κ2) is 16.7. The van der Waals surface area contributed by atoms with Gasteiger partial charge >= 0.3 is 0 Å². The zero-order valence-electron chi connectivity index (χ0n) is 35.1. The van der Waals surface area contributed by atoms with E-state index in [1.807, 2.05) is 45.9 Å². The van der Waals surface area contributed by atoms with Crippen LogP contribution in [0.2, 0.25) is 0 Å². The number of hydrogen-bond donors (Lipinski definition) is 3. The van der Waals surface area contributed by atoms with Crippen LogP contribution in [0.3, 0.4) is 0 Å². The van der Waals surface area contributed by atoms with Crippen LogP contribution >= 0.6 is 0 Å². The molecule has 0 amide bonds. The number of hydrogen-bond acceptors (Lipinski definition) is 7. The van der Waals surface area contributed by atoms with Crippen molar-refractivity contribution in [2.75, 3.05) is 5.73 Å². The summed E-state index contributed by atoms with van der Waals surface area (Å²) < 4.78 is 0. The normalized spacial score (nSPS) is 12.2. The lowest BCUT2D eigenvalue weighted by atomic mass is 9.79. The van der Waals surface area contributed by atoms with Crippen molar-refractivity contribution in [1.82, 2.24) is 0 Å². The molecule has 6 N–H and O–H groups in total. The van der Waals surface area contributed by atoms with Crippen molar-refractivity contribution in [3.63, 3.8) is 0 Å². The summed E-state index contributed by atoms with van der Waals surface area (Å²) in [5, 5.41) is 3.26. The van der Waals surface area contributed by atoms with Crippen LogP contribution < -0.4 is 27.2 Å². The van der Waals surface area contributed by atoms with Crippen LogP contribution in [0.15, 0.2) is 127 Å². The number of aryl methyl sites for hydroxylation is 8. The Morgan fingerprint density at radius 2 is 0.729 bits per heavy atom. The maximum Gasteiger partial charge on any atom is 0.150 e. The Morgan fingerprint density at radius 1 is 0.407 bits per heavy atom. The molecule has 2 atom stereocenters. The average Bonchev–Trinajstić information content (AvgIpc) is 3.23. The third-order valence-electron chi connectivity index (χ3n) is 12.0. The average molecular weight is 781 g/mol. The van der Waals surface area contributed by atoms with Crippen molar-refractivity contribution in [2.45, 2.75) is 67.2 Å². The molecule has 0 fully saturated rings. The zero-order valence-corrected chi connectivity index (χ0v) is 35.1. The topological polar surface area (TPSA) is 126 Å². The Bertz CT molecular complexity index is 2680. The summed E-state index contributed by atoms with van der Waals surface area (Å²) in [6, 6.07) is 43.0. The van der Waals surface area contributed by atoms with Crippen molar-refractivity contribution in [1.29, 1.82) is 0 Å². The summed E-state index contributed by atoms with van der Waals surface area (Å²) in [4.78, 5) is 21.9. The maximum absolute atomic E-state index is 11.6. The van der Waals surface area contributed by atoms with Crippen LogP contribution in [-0.4, -0.2) is 0 Å². The molecular formula is C52H52N4O3. The van der Waals surface area contributed by atoms with Gasteiger partial charge in [0.15, 0.2) is 0 Å². The van der Waals surface area contributed by atoms with Gasteiger partial charge in [0.25, 0.3) is 0 Å². The first kappa shape index (κ1) is 40.6. The van der Waals surface area contributed by atoms with E-state index in [0.717, 1.165) is 89.1 Å². The van der Waals surface area contributed by atoms with Crippen LogP contribution in [0.25, 0.3) is 22.3 Å². The largest absolute Gasteiger partial charge is 0.411 e. The van der Waals surface area contributed by atoms with Gasteiger partial charge in [-0.05, 0) is 185 Å². The molecule has 7 aromatic carbocycles. The molecule has 0 saturated heterocycles. The van der Waals surface area contributed by atoms with Crippen LogP contribution in [0.4, 0.5) is 11.4 Å². The van der Waals surface area contributed by atoms with Gasteiger partial charge in [0.05, 0.1) is 0 Å². The lowest BCUT2D eigenvalue weighted by Gasteiger charge is -2.25. The first-order chi connectivity index (χ1) is 28.3. The van der Waals surface area contributed by atoms with E-state index in [-0.39, 0.29) is 11.8 Å². The molecule has 2 unspecified atom stereocenters. The Kier molecular flexibility index (Phi) is 11.5. The zero-order chi connectivity index (χ0) is 42.1. The molecule has 7 nitrogen and oxygen atoms in total. The first-order valence-corrected chi connectivity index (χ1v) is 19.9. The maximum atomic E-state index is 11.6. The van der Waals surface area contributed by atoms with Crippen LogP contribution in [-0.2, 0) is 0 Å². The Balaban J connectivity index is 1.20. The van der Waals surface area contributed by atoms with Gasteiger partial charge in [0.1, 0.15) is 17.2 Å². The molecule has 0 aromatic heterocycles. The monoisotopic (exact) mass is 780 g/mol. The van der Waals surface area contributed by atoms with E-state index in [1.54, 1.807) is 0 Å². The minimum atomic E-state index is -0.0841. The number of nitrogens with two attached hydrogens (primary N) is 3. The fourth-order valence-electron chi connectivity index (χ4n) is 8.55. The van der Waals surface area contributed by atoms with Gasteiger partial charge in [0.2, 0.25) is 0 Å². The molecule has 0 aliphatic carbocycles. The van der Waals surface area contributed by atoms with Crippen molar-refractivity contribution >= 4 is 11.4 Å². The molecule has 59 heavy (non-hydrogen) atoms. The molecule has 0 radical (unpaired) electrons. The van der Waals surface area contributed by atoms with Gasteiger partial charge in [-0.15, -0.1) is 4.91 Å². The molecule has 7 heteroatoms. The van der Waals surface area contributed by atoms with Gasteiger partial charge in [-0.2, -0.15) is 11.8 Å². The third-order valence-corrected chi connectivity index (χ3v) is 12.0. The fraction of sp³-hybridized carbons (Fsp3) is 0.192. The fourth-order valence-corrected chi connectivity index (χ4v) is 8.55. The SMILES string of the molecule is Cc1cc(C(c2ccc(-c3ccc(-c4ccc(C(c5cc(C)c(N=O)cc5C)c5cc(C)c(ON)cc5C)cc4)cc3)cc2)c2cc(C)c(ON)cc2C)c(C)cc1N. The van der Waals surface area contributed by atoms with Gasteiger partial charge < -0.3 is 15.4 Å². The molecule has 0 spiro atoms. The number of nitroso groups, excluding NO2 is 1. The molecule has 0 aliphatic rings. The van der Waals surface area contributed by atoms with Crippen molar-refractivity contribution in [3.05, 3.63) is 204 Å². The molecule has 7 rings (SSSR count). The van der Waals surface area contributed by atoms with Gasteiger partial charge in [-0.1, -0.05) is 97.1 Å².